The fourth-order valence-corrected chi connectivity index (χ4v) is 2.54. The number of aliphatic hydroxyl groups is 1. The number of carbonyl (C=O) groups is 1. The minimum atomic E-state index is -0.150. The number of nitrogens with one attached hydrogen (secondary N) is 1. The summed E-state index contributed by atoms with van der Waals surface area (Å²) in [6.45, 7) is 6.17. The molecule has 94 valence electrons. The molecule has 1 aliphatic carbocycles. The van der Waals surface area contributed by atoms with E-state index in [9.17, 15) is 9.90 Å². The van der Waals surface area contributed by atoms with Crippen LogP contribution in [0.4, 0.5) is 0 Å². The Morgan fingerprint density at radius 3 is 2.31 bits per heavy atom. The van der Waals surface area contributed by atoms with Crippen molar-refractivity contribution in [2.75, 3.05) is 6.61 Å². The predicted octanol–water partition coefficient (Wildman–Crippen LogP) is 2.09. The van der Waals surface area contributed by atoms with E-state index in [-0.39, 0.29) is 29.9 Å². The minimum absolute atomic E-state index is 0.0310. The zero-order chi connectivity index (χ0) is 12.2. The van der Waals surface area contributed by atoms with Gasteiger partial charge >= 0.3 is 0 Å². The zero-order valence-electron chi connectivity index (χ0n) is 10.8. The van der Waals surface area contributed by atoms with Crippen LogP contribution in [0.25, 0.3) is 0 Å². The molecule has 2 N–H and O–H groups in total. The molecule has 0 radical (unpaired) electrons. The first kappa shape index (κ1) is 13.5. The summed E-state index contributed by atoms with van der Waals surface area (Å²) in [5, 5.41) is 12.2. The van der Waals surface area contributed by atoms with E-state index in [1.54, 1.807) is 0 Å². The van der Waals surface area contributed by atoms with Crippen LogP contribution in [-0.4, -0.2) is 23.7 Å². The van der Waals surface area contributed by atoms with Crippen molar-refractivity contribution < 1.29 is 9.90 Å². The molecule has 1 rings (SSSR count). The van der Waals surface area contributed by atoms with Crippen LogP contribution in [0.3, 0.4) is 0 Å². The topological polar surface area (TPSA) is 49.3 Å². The van der Waals surface area contributed by atoms with Crippen LogP contribution in [0, 0.1) is 11.3 Å². The third-order valence-electron chi connectivity index (χ3n) is 4.04. The van der Waals surface area contributed by atoms with Crippen LogP contribution in [0.2, 0.25) is 0 Å². The zero-order valence-corrected chi connectivity index (χ0v) is 10.8. The number of amides is 1. The molecule has 0 spiro atoms. The van der Waals surface area contributed by atoms with Crippen molar-refractivity contribution in [2.45, 2.75) is 58.9 Å². The summed E-state index contributed by atoms with van der Waals surface area (Å²) in [4.78, 5) is 12.2. The normalized spacial score (nSPS) is 21.1. The second-order valence-corrected chi connectivity index (χ2v) is 5.35. The van der Waals surface area contributed by atoms with Gasteiger partial charge in [-0.1, -0.05) is 33.6 Å². The van der Waals surface area contributed by atoms with E-state index >= 15 is 0 Å². The van der Waals surface area contributed by atoms with Gasteiger partial charge in [-0.05, 0) is 25.2 Å². The summed E-state index contributed by atoms with van der Waals surface area (Å²) in [5.74, 6) is 0.435. The van der Waals surface area contributed by atoms with Gasteiger partial charge in [-0.3, -0.25) is 4.79 Å². The summed E-state index contributed by atoms with van der Waals surface area (Å²) in [6, 6.07) is -0.100. The first-order valence-corrected chi connectivity index (χ1v) is 6.47. The van der Waals surface area contributed by atoms with Crippen molar-refractivity contribution in [1.29, 1.82) is 0 Å². The fraction of sp³-hybridized carbons (Fsp3) is 0.923. The first-order valence-electron chi connectivity index (χ1n) is 6.47. The smallest absolute Gasteiger partial charge is 0.226 e. The molecular formula is C13H25NO2. The van der Waals surface area contributed by atoms with Crippen molar-refractivity contribution in [1.82, 2.24) is 5.32 Å². The maximum Gasteiger partial charge on any atom is 0.226 e. The molecule has 0 aromatic heterocycles. The minimum Gasteiger partial charge on any atom is -0.394 e. The molecule has 16 heavy (non-hydrogen) atoms. The first-order chi connectivity index (χ1) is 7.55. The molecule has 0 bridgehead atoms. The molecular weight excluding hydrogens is 202 g/mol. The Kier molecular flexibility index (Phi) is 4.78. The Balaban J connectivity index is 2.62. The Hall–Kier alpha value is -0.570. The number of carbonyl (C=O) groups excluding carboxylic acids is 1. The Morgan fingerprint density at radius 2 is 1.94 bits per heavy atom. The fourth-order valence-electron chi connectivity index (χ4n) is 2.54. The van der Waals surface area contributed by atoms with E-state index in [4.69, 9.17) is 0 Å². The summed E-state index contributed by atoms with van der Waals surface area (Å²) < 4.78 is 0. The molecule has 0 aliphatic heterocycles. The highest BCUT2D eigenvalue weighted by molar-refractivity contribution is 5.83. The van der Waals surface area contributed by atoms with Gasteiger partial charge in [0, 0.05) is 5.41 Å². The van der Waals surface area contributed by atoms with E-state index in [0.29, 0.717) is 0 Å². The molecule has 1 atom stereocenters. The largest absolute Gasteiger partial charge is 0.394 e. The van der Waals surface area contributed by atoms with Crippen molar-refractivity contribution in [3.8, 4) is 0 Å². The van der Waals surface area contributed by atoms with Crippen molar-refractivity contribution in [3.63, 3.8) is 0 Å². The lowest BCUT2D eigenvalue weighted by atomic mass is 9.82. The summed E-state index contributed by atoms with van der Waals surface area (Å²) in [7, 11) is 0. The van der Waals surface area contributed by atoms with Crippen LogP contribution < -0.4 is 5.32 Å². The summed E-state index contributed by atoms with van der Waals surface area (Å²) in [6.07, 6.45) is 5.24. The number of hydrogen-bond acceptors (Lipinski definition) is 2. The Bertz CT molecular complexity index is 232. The van der Waals surface area contributed by atoms with E-state index < -0.39 is 0 Å². The highest BCUT2D eigenvalue weighted by Gasteiger charge is 2.40. The number of hydrogen-bond donors (Lipinski definition) is 2. The number of rotatable bonds is 5. The van der Waals surface area contributed by atoms with Gasteiger partial charge in [0.1, 0.15) is 0 Å². The molecule has 0 unspecified atom stereocenters. The molecule has 1 aliphatic rings. The molecule has 3 nitrogen and oxygen atoms in total. The second kappa shape index (κ2) is 5.67. The summed E-state index contributed by atoms with van der Waals surface area (Å²) >= 11 is 0. The third-order valence-corrected chi connectivity index (χ3v) is 4.04. The summed E-state index contributed by atoms with van der Waals surface area (Å²) in [5.41, 5.74) is -0.150. The van der Waals surface area contributed by atoms with Crippen LogP contribution in [0.1, 0.15) is 52.9 Å². The standard InChI is InChI=1S/C13H25NO2/c1-4-13(7-5-6-8-13)12(16)14-11(9-15)10(2)3/h10-11,15H,4-9H2,1-3H3,(H,14,16)/t11-/m1/s1. The molecule has 1 amide bonds. The monoisotopic (exact) mass is 227 g/mol. The van der Waals surface area contributed by atoms with Gasteiger partial charge in [-0.15, -0.1) is 0 Å². The maximum absolute atomic E-state index is 12.2. The highest BCUT2D eigenvalue weighted by atomic mass is 16.3. The molecule has 0 aromatic rings. The molecule has 0 heterocycles. The predicted molar refractivity (Wildman–Crippen MR) is 65.0 cm³/mol. The van der Waals surface area contributed by atoms with Gasteiger partial charge in [0.25, 0.3) is 0 Å². The van der Waals surface area contributed by atoms with Crippen molar-refractivity contribution in [2.24, 2.45) is 11.3 Å². The van der Waals surface area contributed by atoms with Gasteiger partial charge in [0.15, 0.2) is 0 Å². The van der Waals surface area contributed by atoms with Gasteiger partial charge < -0.3 is 10.4 Å². The highest BCUT2D eigenvalue weighted by Crippen LogP contribution is 2.41. The molecule has 3 heteroatoms. The average Bonchev–Trinajstić information content (AvgIpc) is 2.74. The third kappa shape index (κ3) is 2.76. The SMILES string of the molecule is CCC1(C(=O)N[C@H](CO)C(C)C)CCCC1. The van der Waals surface area contributed by atoms with Gasteiger partial charge in [0.2, 0.25) is 5.91 Å². The average molecular weight is 227 g/mol. The Morgan fingerprint density at radius 1 is 1.38 bits per heavy atom. The van der Waals surface area contributed by atoms with Crippen LogP contribution in [-0.2, 0) is 4.79 Å². The molecule has 0 aromatic carbocycles. The van der Waals surface area contributed by atoms with E-state index in [1.807, 2.05) is 13.8 Å². The molecule has 0 saturated heterocycles. The van der Waals surface area contributed by atoms with Gasteiger partial charge in [-0.25, -0.2) is 0 Å². The quantitative estimate of drug-likeness (QED) is 0.755. The van der Waals surface area contributed by atoms with Gasteiger partial charge in [0.05, 0.1) is 12.6 Å². The lowest BCUT2D eigenvalue weighted by Gasteiger charge is -2.30. The number of aliphatic hydroxyl groups excluding tert-OH is 1. The second-order valence-electron chi connectivity index (χ2n) is 5.35. The van der Waals surface area contributed by atoms with Crippen LogP contribution in [0.15, 0.2) is 0 Å². The molecule has 1 saturated carbocycles. The van der Waals surface area contributed by atoms with Crippen molar-refractivity contribution in [3.05, 3.63) is 0 Å². The van der Waals surface area contributed by atoms with Crippen LogP contribution >= 0.6 is 0 Å². The molecule has 1 fully saturated rings. The van der Waals surface area contributed by atoms with E-state index in [2.05, 4.69) is 12.2 Å². The van der Waals surface area contributed by atoms with E-state index in [0.717, 1.165) is 32.1 Å². The Labute approximate surface area is 98.6 Å². The van der Waals surface area contributed by atoms with E-state index in [1.165, 1.54) is 0 Å². The maximum atomic E-state index is 12.2. The van der Waals surface area contributed by atoms with Crippen LogP contribution in [0.5, 0.6) is 0 Å². The lowest BCUT2D eigenvalue weighted by Crippen LogP contribution is -2.47. The van der Waals surface area contributed by atoms with Gasteiger partial charge in [-0.2, -0.15) is 0 Å². The lowest BCUT2D eigenvalue weighted by molar-refractivity contribution is -0.132. The van der Waals surface area contributed by atoms with Crippen molar-refractivity contribution >= 4 is 5.91 Å².